The third kappa shape index (κ3) is 3.01. The van der Waals surface area contributed by atoms with Crippen LogP contribution in [-0.4, -0.2) is 47.8 Å². The highest BCUT2D eigenvalue weighted by molar-refractivity contribution is 5.89. The van der Waals surface area contributed by atoms with E-state index in [2.05, 4.69) is 16.7 Å². The SMILES string of the molecule is CCOC(=O)c1ccc(C#CC2C(O)C3CCN2CC3)cc1. The van der Waals surface area contributed by atoms with Crippen molar-refractivity contribution in [3.8, 4) is 11.8 Å². The lowest BCUT2D eigenvalue weighted by Gasteiger charge is -2.46. The van der Waals surface area contributed by atoms with E-state index in [1.807, 2.05) is 12.1 Å². The molecule has 3 saturated heterocycles. The first kappa shape index (κ1) is 15.1. The van der Waals surface area contributed by atoms with Crippen LogP contribution in [0, 0.1) is 17.8 Å². The van der Waals surface area contributed by atoms with Gasteiger partial charge >= 0.3 is 5.97 Å². The van der Waals surface area contributed by atoms with Crippen LogP contribution < -0.4 is 0 Å². The largest absolute Gasteiger partial charge is 0.462 e. The first-order valence-corrected chi connectivity index (χ1v) is 7.90. The summed E-state index contributed by atoms with van der Waals surface area (Å²) >= 11 is 0. The van der Waals surface area contributed by atoms with Gasteiger partial charge in [0.1, 0.15) is 0 Å². The van der Waals surface area contributed by atoms with E-state index in [1.54, 1.807) is 19.1 Å². The monoisotopic (exact) mass is 299 g/mol. The van der Waals surface area contributed by atoms with Crippen LogP contribution in [0.2, 0.25) is 0 Å². The van der Waals surface area contributed by atoms with Crippen molar-refractivity contribution in [1.82, 2.24) is 4.90 Å². The molecular formula is C18H21NO3. The number of ether oxygens (including phenoxy) is 1. The molecule has 22 heavy (non-hydrogen) atoms. The Bertz CT molecular complexity index is 589. The number of carbonyl (C=O) groups excluding carboxylic acids is 1. The molecule has 0 saturated carbocycles. The molecule has 1 aromatic carbocycles. The molecule has 0 radical (unpaired) electrons. The van der Waals surface area contributed by atoms with Gasteiger partial charge in [0.2, 0.25) is 0 Å². The van der Waals surface area contributed by atoms with Crippen LogP contribution in [0.3, 0.4) is 0 Å². The van der Waals surface area contributed by atoms with Crippen LogP contribution in [0.4, 0.5) is 0 Å². The van der Waals surface area contributed by atoms with E-state index in [-0.39, 0.29) is 18.1 Å². The average molecular weight is 299 g/mol. The maximum atomic E-state index is 11.6. The zero-order valence-corrected chi connectivity index (χ0v) is 12.8. The van der Waals surface area contributed by atoms with E-state index in [1.165, 1.54) is 0 Å². The molecule has 1 aromatic rings. The fourth-order valence-electron chi connectivity index (χ4n) is 3.25. The number of rotatable bonds is 2. The number of fused-ring (bicyclic) bond motifs is 3. The highest BCUT2D eigenvalue weighted by atomic mass is 16.5. The van der Waals surface area contributed by atoms with E-state index >= 15 is 0 Å². The van der Waals surface area contributed by atoms with Gasteiger partial charge in [0.15, 0.2) is 0 Å². The van der Waals surface area contributed by atoms with Crippen LogP contribution >= 0.6 is 0 Å². The van der Waals surface area contributed by atoms with Crippen molar-refractivity contribution in [3.63, 3.8) is 0 Å². The Hall–Kier alpha value is -1.83. The standard InChI is InChI=1S/C18H21NO3/c1-2-22-18(21)15-6-3-13(4-7-15)5-8-16-17(20)14-9-11-19(16)12-10-14/h3-4,6-7,14,16-17,20H,2,9-12H2,1H3. The van der Waals surface area contributed by atoms with Crippen molar-refractivity contribution in [1.29, 1.82) is 0 Å². The molecule has 2 unspecified atom stereocenters. The van der Waals surface area contributed by atoms with Crippen LogP contribution in [-0.2, 0) is 4.74 Å². The van der Waals surface area contributed by atoms with Gasteiger partial charge in [0, 0.05) is 5.56 Å². The second kappa shape index (κ2) is 6.51. The first-order chi connectivity index (χ1) is 10.7. The van der Waals surface area contributed by atoms with Gasteiger partial charge in [0.05, 0.1) is 24.3 Å². The molecule has 2 atom stereocenters. The molecule has 0 amide bonds. The van der Waals surface area contributed by atoms with Gasteiger partial charge in [-0.05, 0) is 63.0 Å². The summed E-state index contributed by atoms with van der Waals surface area (Å²) in [7, 11) is 0. The average Bonchev–Trinajstić information content (AvgIpc) is 2.56. The van der Waals surface area contributed by atoms with Crippen molar-refractivity contribution < 1.29 is 14.6 Å². The topological polar surface area (TPSA) is 49.8 Å². The van der Waals surface area contributed by atoms with Crippen molar-refractivity contribution in [2.45, 2.75) is 31.9 Å². The number of piperidine rings is 3. The highest BCUT2D eigenvalue weighted by Gasteiger charge is 2.40. The number of hydrogen-bond acceptors (Lipinski definition) is 4. The van der Waals surface area contributed by atoms with Gasteiger partial charge in [-0.1, -0.05) is 11.8 Å². The van der Waals surface area contributed by atoms with Crippen molar-refractivity contribution >= 4 is 5.97 Å². The summed E-state index contributed by atoms with van der Waals surface area (Å²) in [6.45, 7) is 4.22. The van der Waals surface area contributed by atoms with E-state index in [4.69, 9.17) is 4.74 Å². The second-order valence-electron chi connectivity index (χ2n) is 5.88. The molecule has 0 spiro atoms. The Morgan fingerprint density at radius 3 is 2.59 bits per heavy atom. The van der Waals surface area contributed by atoms with Crippen LogP contribution in [0.25, 0.3) is 0 Å². The highest BCUT2D eigenvalue weighted by Crippen LogP contribution is 2.31. The molecule has 3 aliphatic heterocycles. The molecule has 3 aliphatic rings. The van der Waals surface area contributed by atoms with Gasteiger partial charge in [-0.15, -0.1) is 0 Å². The predicted octanol–water partition coefficient (Wildman–Crippen LogP) is 1.67. The summed E-state index contributed by atoms with van der Waals surface area (Å²) in [6.07, 6.45) is 1.81. The van der Waals surface area contributed by atoms with Crippen molar-refractivity contribution in [2.75, 3.05) is 19.7 Å². The summed E-state index contributed by atoms with van der Waals surface area (Å²) in [5.41, 5.74) is 1.39. The van der Waals surface area contributed by atoms with Crippen molar-refractivity contribution in [2.24, 2.45) is 5.92 Å². The van der Waals surface area contributed by atoms with Gasteiger partial charge in [0.25, 0.3) is 0 Å². The fourth-order valence-corrected chi connectivity index (χ4v) is 3.25. The predicted molar refractivity (Wildman–Crippen MR) is 83.4 cm³/mol. The van der Waals surface area contributed by atoms with Gasteiger partial charge < -0.3 is 9.84 Å². The lowest BCUT2D eigenvalue weighted by atomic mass is 9.81. The summed E-state index contributed by atoms with van der Waals surface area (Å²) in [5.74, 6) is 6.41. The minimum absolute atomic E-state index is 0.0581. The zero-order valence-electron chi connectivity index (χ0n) is 12.8. The molecular weight excluding hydrogens is 278 g/mol. The minimum Gasteiger partial charge on any atom is -0.462 e. The maximum Gasteiger partial charge on any atom is 0.338 e. The molecule has 2 bridgehead atoms. The summed E-state index contributed by atoms with van der Waals surface area (Å²) in [6, 6.07) is 7.04. The Morgan fingerprint density at radius 1 is 1.32 bits per heavy atom. The van der Waals surface area contributed by atoms with E-state index in [0.717, 1.165) is 31.5 Å². The zero-order chi connectivity index (χ0) is 15.5. The molecule has 3 fully saturated rings. The molecule has 4 rings (SSSR count). The number of aliphatic hydroxyl groups is 1. The number of hydrogen-bond donors (Lipinski definition) is 1. The number of aliphatic hydroxyl groups excluding tert-OH is 1. The molecule has 116 valence electrons. The molecule has 4 nitrogen and oxygen atoms in total. The number of nitrogens with zero attached hydrogens (tertiary/aromatic N) is 1. The van der Waals surface area contributed by atoms with Crippen LogP contribution in [0.1, 0.15) is 35.7 Å². The summed E-state index contributed by atoms with van der Waals surface area (Å²) in [4.78, 5) is 13.9. The third-order valence-corrected chi connectivity index (χ3v) is 4.53. The first-order valence-electron chi connectivity index (χ1n) is 7.90. The number of esters is 1. The fraction of sp³-hybridized carbons (Fsp3) is 0.500. The van der Waals surface area contributed by atoms with E-state index in [0.29, 0.717) is 18.1 Å². The third-order valence-electron chi connectivity index (χ3n) is 4.53. The van der Waals surface area contributed by atoms with Gasteiger partial charge in [-0.3, -0.25) is 4.90 Å². The second-order valence-corrected chi connectivity index (χ2v) is 5.88. The van der Waals surface area contributed by atoms with Crippen molar-refractivity contribution in [3.05, 3.63) is 35.4 Å². The maximum absolute atomic E-state index is 11.6. The normalized spacial score (nSPS) is 29.5. The van der Waals surface area contributed by atoms with Crippen LogP contribution in [0.5, 0.6) is 0 Å². The Morgan fingerprint density at radius 2 is 2.00 bits per heavy atom. The smallest absolute Gasteiger partial charge is 0.338 e. The molecule has 1 N–H and O–H groups in total. The van der Waals surface area contributed by atoms with Crippen LogP contribution in [0.15, 0.2) is 24.3 Å². The Labute approximate surface area is 131 Å². The molecule has 0 aliphatic carbocycles. The Kier molecular flexibility index (Phi) is 4.47. The molecule has 0 aromatic heterocycles. The minimum atomic E-state index is -0.339. The number of carbonyl (C=O) groups is 1. The number of benzene rings is 1. The molecule has 3 heterocycles. The van der Waals surface area contributed by atoms with Gasteiger partial charge in [-0.25, -0.2) is 4.79 Å². The summed E-state index contributed by atoms with van der Waals surface area (Å²) in [5, 5.41) is 10.3. The van der Waals surface area contributed by atoms with E-state index < -0.39 is 0 Å². The Balaban J connectivity index is 1.70. The lowest BCUT2D eigenvalue weighted by Crippen LogP contribution is -2.57. The van der Waals surface area contributed by atoms with E-state index in [9.17, 15) is 9.90 Å². The summed E-state index contributed by atoms with van der Waals surface area (Å²) < 4.78 is 4.96. The molecule has 4 heteroatoms. The van der Waals surface area contributed by atoms with Gasteiger partial charge in [-0.2, -0.15) is 0 Å². The lowest BCUT2D eigenvalue weighted by molar-refractivity contribution is -0.0500. The quantitative estimate of drug-likeness (QED) is 0.667.